The van der Waals surface area contributed by atoms with Crippen LogP contribution in [-0.4, -0.2) is 24.1 Å². The zero-order valence-electron chi connectivity index (χ0n) is 15.5. The maximum atomic E-state index is 11.8. The fraction of sp³-hybridized carbons (Fsp3) is 0.250. The number of anilines is 2. The second-order valence-electron chi connectivity index (χ2n) is 6.20. The summed E-state index contributed by atoms with van der Waals surface area (Å²) in [6, 6.07) is 13.6. The van der Waals surface area contributed by atoms with E-state index in [4.69, 9.17) is 0 Å². The van der Waals surface area contributed by atoms with Gasteiger partial charge in [0.25, 0.3) is 0 Å². The first kappa shape index (κ1) is 20.6. The summed E-state index contributed by atoms with van der Waals surface area (Å²) in [4.78, 5) is 23.5. The van der Waals surface area contributed by atoms with Crippen molar-refractivity contribution in [2.45, 2.75) is 33.2 Å². The van der Waals surface area contributed by atoms with Gasteiger partial charge in [-0.05, 0) is 50.6 Å². The van der Waals surface area contributed by atoms with Crippen molar-refractivity contribution in [2.75, 3.05) is 5.32 Å². The second kappa shape index (κ2) is 9.87. The second-order valence-corrected chi connectivity index (χ2v) is 7.12. The van der Waals surface area contributed by atoms with E-state index in [0.29, 0.717) is 0 Å². The molecule has 0 bridgehead atoms. The molecular formula is C20H23BrN4O2. The number of hydrogen-bond donors (Lipinski definition) is 3. The topological polar surface area (TPSA) is 82.6 Å². The Hall–Kier alpha value is -2.67. The molecule has 0 aliphatic rings. The van der Waals surface area contributed by atoms with Gasteiger partial charge in [-0.1, -0.05) is 40.5 Å². The molecular weight excluding hydrogens is 408 g/mol. The van der Waals surface area contributed by atoms with Crippen molar-refractivity contribution in [3.05, 3.63) is 58.1 Å². The summed E-state index contributed by atoms with van der Waals surface area (Å²) in [7, 11) is 0. The van der Waals surface area contributed by atoms with Crippen LogP contribution in [0.2, 0.25) is 0 Å². The minimum Gasteiger partial charge on any atom is -0.355 e. The molecule has 0 radical (unpaired) electrons. The van der Waals surface area contributed by atoms with E-state index in [2.05, 4.69) is 37.1 Å². The monoisotopic (exact) mass is 430 g/mol. The quantitative estimate of drug-likeness (QED) is 0.369. The highest BCUT2D eigenvalue weighted by atomic mass is 79.9. The molecule has 0 aromatic heterocycles. The lowest BCUT2D eigenvalue weighted by atomic mass is 10.1. The number of nitrogens with zero attached hydrogens (tertiary/aromatic N) is 1. The lowest BCUT2D eigenvalue weighted by Gasteiger charge is -2.11. The van der Waals surface area contributed by atoms with Crippen molar-refractivity contribution in [1.82, 2.24) is 10.7 Å². The Labute approximate surface area is 167 Å². The van der Waals surface area contributed by atoms with E-state index in [0.717, 1.165) is 27.8 Å². The number of hydrogen-bond acceptors (Lipinski definition) is 4. The van der Waals surface area contributed by atoms with Gasteiger partial charge in [-0.15, -0.1) is 0 Å². The highest BCUT2D eigenvalue weighted by Crippen LogP contribution is 2.23. The Morgan fingerprint density at radius 2 is 1.85 bits per heavy atom. The highest BCUT2D eigenvalue weighted by molar-refractivity contribution is 9.10. The lowest BCUT2D eigenvalue weighted by Crippen LogP contribution is -2.41. The number of carbonyl (C=O) groups excluding carboxylic acids is 2. The van der Waals surface area contributed by atoms with Crippen LogP contribution in [-0.2, 0) is 9.59 Å². The van der Waals surface area contributed by atoms with Crippen molar-refractivity contribution < 1.29 is 9.59 Å². The third-order valence-corrected chi connectivity index (χ3v) is 4.40. The SMILES string of the molecule is CC[C@@H](C)NC(=O)C(=O)N/N=C\c1cc(Br)ccc1Nc1ccc(C)cc1. The van der Waals surface area contributed by atoms with Crippen molar-refractivity contribution in [2.24, 2.45) is 5.10 Å². The summed E-state index contributed by atoms with van der Waals surface area (Å²) in [6.07, 6.45) is 2.24. The number of amides is 2. The molecule has 0 aliphatic carbocycles. The molecule has 27 heavy (non-hydrogen) atoms. The van der Waals surface area contributed by atoms with Gasteiger partial charge >= 0.3 is 11.8 Å². The molecule has 2 rings (SSSR count). The van der Waals surface area contributed by atoms with Crippen LogP contribution in [0.4, 0.5) is 11.4 Å². The first-order valence-electron chi connectivity index (χ1n) is 8.66. The molecule has 0 saturated carbocycles. The van der Waals surface area contributed by atoms with Crippen LogP contribution in [0.5, 0.6) is 0 Å². The first-order chi connectivity index (χ1) is 12.9. The molecule has 6 nitrogen and oxygen atoms in total. The number of halogens is 1. The minimum atomic E-state index is -0.797. The smallest absolute Gasteiger partial charge is 0.329 e. The summed E-state index contributed by atoms with van der Waals surface area (Å²) in [5.74, 6) is -1.50. The van der Waals surface area contributed by atoms with Gasteiger partial charge in [0.15, 0.2) is 0 Å². The average molecular weight is 431 g/mol. The largest absolute Gasteiger partial charge is 0.355 e. The van der Waals surface area contributed by atoms with Crippen LogP contribution in [0.1, 0.15) is 31.4 Å². The minimum absolute atomic E-state index is 0.0670. The number of rotatable bonds is 6. The van der Waals surface area contributed by atoms with E-state index >= 15 is 0 Å². The summed E-state index contributed by atoms with van der Waals surface area (Å²) in [5, 5.41) is 9.82. The molecule has 0 aliphatic heterocycles. The van der Waals surface area contributed by atoms with Gasteiger partial charge in [0.1, 0.15) is 0 Å². The number of nitrogens with one attached hydrogen (secondary N) is 3. The average Bonchev–Trinajstić information content (AvgIpc) is 2.65. The van der Waals surface area contributed by atoms with Crippen LogP contribution in [0.25, 0.3) is 0 Å². The fourth-order valence-corrected chi connectivity index (χ4v) is 2.53. The molecule has 2 aromatic rings. The predicted molar refractivity (Wildman–Crippen MR) is 112 cm³/mol. The molecule has 2 amide bonds. The highest BCUT2D eigenvalue weighted by Gasteiger charge is 2.14. The van der Waals surface area contributed by atoms with E-state index in [9.17, 15) is 9.59 Å². The molecule has 1 atom stereocenters. The van der Waals surface area contributed by atoms with Gasteiger partial charge in [-0.25, -0.2) is 5.43 Å². The van der Waals surface area contributed by atoms with Crippen molar-refractivity contribution in [3.63, 3.8) is 0 Å². The zero-order chi connectivity index (χ0) is 19.8. The summed E-state index contributed by atoms with van der Waals surface area (Å²) >= 11 is 3.43. The maximum absolute atomic E-state index is 11.8. The van der Waals surface area contributed by atoms with Gasteiger partial charge < -0.3 is 10.6 Å². The molecule has 3 N–H and O–H groups in total. The number of hydrazone groups is 1. The summed E-state index contributed by atoms with van der Waals surface area (Å²) < 4.78 is 0.874. The van der Waals surface area contributed by atoms with E-state index in [1.807, 2.05) is 63.2 Å². The molecule has 0 saturated heterocycles. The molecule has 142 valence electrons. The number of aryl methyl sites for hydroxylation is 1. The van der Waals surface area contributed by atoms with Crippen LogP contribution in [0.3, 0.4) is 0 Å². The number of carbonyl (C=O) groups is 2. The molecule has 2 aromatic carbocycles. The molecule has 0 heterocycles. The first-order valence-corrected chi connectivity index (χ1v) is 9.45. The van der Waals surface area contributed by atoms with Gasteiger partial charge in [0.05, 0.1) is 6.21 Å². The Bertz CT molecular complexity index is 834. The van der Waals surface area contributed by atoms with Crippen LogP contribution in [0, 0.1) is 6.92 Å². The van der Waals surface area contributed by atoms with Crippen molar-refractivity contribution in [1.29, 1.82) is 0 Å². The standard InChI is InChI=1S/C20H23BrN4O2/c1-4-14(3)23-19(26)20(27)25-22-12-15-11-16(21)7-10-18(15)24-17-8-5-13(2)6-9-17/h5-12,14,24H,4H2,1-3H3,(H,23,26)(H,25,27)/b22-12-/t14-/m1/s1. The Morgan fingerprint density at radius 1 is 1.15 bits per heavy atom. The Balaban J connectivity index is 2.07. The molecule has 0 spiro atoms. The fourth-order valence-electron chi connectivity index (χ4n) is 2.15. The van der Waals surface area contributed by atoms with E-state index in [1.165, 1.54) is 11.8 Å². The van der Waals surface area contributed by atoms with Gasteiger partial charge in [-0.3, -0.25) is 9.59 Å². The van der Waals surface area contributed by atoms with E-state index < -0.39 is 11.8 Å². The van der Waals surface area contributed by atoms with Gasteiger partial charge in [-0.2, -0.15) is 5.10 Å². The Morgan fingerprint density at radius 3 is 2.52 bits per heavy atom. The van der Waals surface area contributed by atoms with Gasteiger partial charge in [0.2, 0.25) is 0 Å². The van der Waals surface area contributed by atoms with E-state index in [-0.39, 0.29) is 6.04 Å². The zero-order valence-corrected chi connectivity index (χ0v) is 17.1. The lowest BCUT2D eigenvalue weighted by molar-refractivity contribution is -0.139. The normalized spacial score (nSPS) is 11.9. The number of benzene rings is 2. The molecule has 0 unspecified atom stereocenters. The third kappa shape index (κ3) is 6.53. The summed E-state index contributed by atoms with van der Waals surface area (Å²) in [5.41, 5.74) is 5.95. The van der Waals surface area contributed by atoms with Crippen molar-refractivity contribution >= 4 is 45.3 Å². The van der Waals surface area contributed by atoms with Gasteiger partial charge in [0, 0.05) is 27.5 Å². The van der Waals surface area contributed by atoms with E-state index in [1.54, 1.807) is 0 Å². The van der Waals surface area contributed by atoms with Crippen LogP contribution < -0.4 is 16.1 Å². The van der Waals surface area contributed by atoms with Crippen LogP contribution >= 0.6 is 15.9 Å². The Kier molecular flexibility index (Phi) is 7.55. The summed E-state index contributed by atoms with van der Waals surface area (Å²) in [6.45, 7) is 5.79. The maximum Gasteiger partial charge on any atom is 0.329 e. The van der Waals surface area contributed by atoms with Crippen LogP contribution in [0.15, 0.2) is 52.0 Å². The predicted octanol–water partition coefficient (Wildman–Crippen LogP) is 3.87. The van der Waals surface area contributed by atoms with Crippen molar-refractivity contribution in [3.8, 4) is 0 Å². The third-order valence-electron chi connectivity index (χ3n) is 3.91. The molecule has 7 heteroatoms. The molecule has 0 fully saturated rings.